The van der Waals surface area contributed by atoms with Gasteiger partial charge in [-0.2, -0.15) is 4.31 Å². The Hall–Kier alpha value is -2.65. The quantitative estimate of drug-likeness (QED) is 0.598. The number of rotatable bonds is 6. The number of piperidine rings is 1. The molecule has 0 N–H and O–H groups in total. The summed E-state index contributed by atoms with van der Waals surface area (Å²) < 4.78 is 41.0. The van der Waals surface area contributed by atoms with E-state index in [9.17, 15) is 8.42 Å². The Balaban J connectivity index is 1.60. The minimum Gasteiger partial charge on any atom is -0.497 e. The molecule has 1 fully saturated rings. The topological polar surface area (TPSA) is 86.5 Å². The highest BCUT2D eigenvalue weighted by molar-refractivity contribution is 7.89. The highest BCUT2D eigenvalue weighted by atomic mass is 32.2. The Kier molecular flexibility index (Phi) is 5.66. The molecule has 2 aromatic heterocycles. The van der Waals surface area contributed by atoms with Gasteiger partial charge in [0.2, 0.25) is 10.0 Å². The molecular formula is C21H26N4O4S. The molecular weight excluding hydrogens is 404 g/mol. The maximum Gasteiger partial charge on any atom is 0.246 e. The molecule has 3 heterocycles. The molecule has 1 aliphatic rings. The largest absolute Gasteiger partial charge is 0.497 e. The standard InChI is InChI=1S/C21H26N4O4S/c1-15-23-18-7-4-10-22-21(18)25(15)14-16-6-5-11-24(13-16)30(26,27)20-12-17(28-2)8-9-19(20)29-3/h4,7-10,12,16H,5-6,11,13-14H2,1-3H3. The van der Waals surface area contributed by atoms with E-state index in [0.29, 0.717) is 31.1 Å². The number of imidazole rings is 1. The molecule has 1 unspecified atom stereocenters. The molecule has 9 heteroatoms. The van der Waals surface area contributed by atoms with Crippen molar-refractivity contribution in [2.45, 2.75) is 31.2 Å². The number of hydrogen-bond acceptors (Lipinski definition) is 6. The first-order chi connectivity index (χ1) is 14.4. The lowest BCUT2D eigenvalue weighted by Gasteiger charge is -2.32. The van der Waals surface area contributed by atoms with Crippen molar-refractivity contribution in [2.75, 3.05) is 27.3 Å². The summed E-state index contributed by atoms with van der Waals surface area (Å²) in [5, 5.41) is 0. The molecule has 3 aromatic rings. The van der Waals surface area contributed by atoms with Crippen molar-refractivity contribution in [1.29, 1.82) is 0 Å². The van der Waals surface area contributed by atoms with E-state index in [4.69, 9.17) is 9.47 Å². The predicted molar refractivity (Wildman–Crippen MR) is 113 cm³/mol. The Morgan fingerprint density at radius 2 is 2.03 bits per heavy atom. The van der Waals surface area contributed by atoms with Crippen LogP contribution in [-0.4, -0.2) is 54.6 Å². The van der Waals surface area contributed by atoms with Crippen molar-refractivity contribution in [3.8, 4) is 11.5 Å². The van der Waals surface area contributed by atoms with Crippen molar-refractivity contribution in [3.63, 3.8) is 0 Å². The summed E-state index contributed by atoms with van der Waals surface area (Å²) >= 11 is 0. The van der Waals surface area contributed by atoms with Gasteiger partial charge in [0, 0.05) is 31.9 Å². The first-order valence-corrected chi connectivity index (χ1v) is 11.4. The fourth-order valence-corrected chi connectivity index (χ4v) is 5.79. The maximum atomic E-state index is 13.4. The number of sulfonamides is 1. The zero-order valence-corrected chi connectivity index (χ0v) is 18.2. The molecule has 160 valence electrons. The maximum absolute atomic E-state index is 13.4. The monoisotopic (exact) mass is 430 g/mol. The van der Waals surface area contributed by atoms with Gasteiger partial charge >= 0.3 is 0 Å². The molecule has 0 bridgehead atoms. The summed E-state index contributed by atoms with van der Waals surface area (Å²) in [7, 11) is -0.727. The van der Waals surface area contributed by atoms with Crippen LogP contribution in [0.3, 0.4) is 0 Å². The van der Waals surface area contributed by atoms with Gasteiger partial charge in [-0.15, -0.1) is 0 Å². The van der Waals surface area contributed by atoms with E-state index in [1.165, 1.54) is 20.3 Å². The lowest BCUT2D eigenvalue weighted by Crippen LogP contribution is -2.41. The van der Waals surface area contributed by atoms with Gasteiger partial charge in [0.05, 0.1) is 14.2 Å². The van der Waals surface area contributed by atoms with Crippen LogP contribution in [-0.2, 0) is 16.6 Å². The van der Waals surface area contributed by atoms with Crippen molar-refractivity contribution in [1.82, 2.24) is 18.8 Å². The van der Waals surface area contributed by atoms with E-state index in [1.54, 1.807) is 22.6 Å². The lowest BCUT2D eigenvalue weighted by molar-refractivity contribution is 0.245. The first-order valence-electron chi connectivity index (χ1n) is 9.94. The fraction of sp³-hybridized carbons (Fsp3) is 0.429. The molecule has 1 aromatic carbocycles. The molecule has 0 radical (unpaired) electrons. The number of hydrogen-bond donors (Lipinski definition) is 0. The van der Waals surface area contributed by atoms with Crippen molar-refractivity contribution >= 4 is 21.2 Å². The number of nitrogens with zero attached hydrogens (tertiary/aromatic N) is 4. The van der Waals surface area contributed by atoms with E-state index < -0.39 is 10.0 Å². The number of pyridine rings is 1. The van der Waals surface area contributed by atoms with Gasteiger partial charge in [0.1, 0.15) is 27.7 Å². The van der Waals surface area contributed by atoms with Gasteiger partial charge in [-0.05, 0) is 49.9 Å². The fourth-order valence-electron chi connectivity index (χ4n) is 4.07. The summed E-state index contributed by atoms with van der Waals surface area (Å²) in [6.07, 6.45) is 3.51. The third-order valence-corrected chi connectivity index (χ3v) is 7.49. The molecule has 1 atom stereocenters. The average molecular weight is 431 g/mol. The second kappa shape index (κ2) is 8.23. The normalized spacial score (nSPS) is 17.9. The molecule has 0 aliphatic carbocycles. The molecule has 1 saturated heterocycles. The van der Waals surface area contributed by atoms with Gasteiger partial charge < -0.3 is 14.0 Å². The van der Waals surface area contributed by atoms with Crippen LogP contribution in [0.4, 0.5) is 0 Å². The van der Waals surface area contributed by atoms with Gasteiger partial charge in [-0.25, -0.2) is 18.4 Å². The molecule has 0 amide bonds. The average Bonchev–Trinajstić information content (AvgIpc) is 3.08. The van der Waals surface area contributed by atoms with Crippen LogP contribution in [0, 0.1) is 12.8 Å². The molecule has 8 nitrogen and oxygen atoms in total. The molecule has 0 spiro atoms. The minimum absolute atomic E-state index is 0.135. The van der Waals surface area contributed by atoms with Crippen LogP contribution in [0.5, 0.6) is 11.5 Å². The van der Waals surface area contributed by atoms with Gasteiger partial charge in [0.15, 0.2) is 5.65 Å². The molecule has 4 rings (SSSR count). The van der Waals surface area contributed by atoms with Crippen LogP contribution in [0.25, 0.3) is 11.2 Å². The molecule has 0 saturated carbocycles. The summed E-state index contributed by atoms with van der Waals surface area (Å²) in [5.74, 6) is 1.86. The van der Waals surface area contributed by atoms with E-state index in [-0.39, 0.29) is 10.8 Å². The Bertz CT molecular complexity index is 1160. The van der Waals surface area contributed by atoms with Crippen LogP contribution < -0.4 is 9.47 Å². The van der Waals surface area contributed by atoms with Crippen molar-refractivity contribution in [3.05, 3.63) is 42.4 Å². The van der Waals surface area contributed by atoms with Gasteiger partial charge in [-0.3, -0.25) is 0 Å². The van der Waals surface area contributed by atoms with Crippen LogP contribution >= 0.6 is 0 Å². The smallest absolute Gasteiger partial charge is 0.246 e. The second-order valence-corrected chi connectivity index (χ2v) is 9.41. The van der Waals surface area contributed by atoms with Crippen LogP contribution in [0.1, 0.15) is 18.7 Å². The lowest BCUT2D eigenvalue weighted by atomic mass is 9.99. The van der Waals surface area contributed by atoms with E-state index >= 15 is 0 Å². The van der Waals surface area contributed by atoms with E-state index in [0.717, 1.165) is 29.8 Å². The number of ether oxygens (including phenoxy) is 2. The predicted octanol–water partition coefficient (Wildman–Crippen LogP) is 2.86. The Labute approximate surface area is 176 Å². The van der Waals surface area contributed by atoms with Gasteiger partial charge in [-0.1, -0.05) is 0 Å². The van der Waals surface area contributed by atoms with Crippen LogP contribution in [0.15, 0.2) is 41.4 Å². The molecule has 30 heavy (non-hydrogen) atoms. The van der Waals surface area contributed by atoms with Crippen molar-refractivity contribution < 1.29 is 17.9 Å². The van der Waals surface area contributed by atoms with E-state index in [2.05, 4.69) is 14.5 Å². The SMILES string of the molecule is COc1ccc(OC)c(S(=O)(=O)N2CCCC(Cn3c(C)nc4cccnc43)C2)c1. The number of methoxy groups -OCH3 is 2. The zero-order valence-electron chi connectivity index (χ0n) is 17.4. The summed E-state index contributed by atoms with van der Waals surface area (Å²) in [6.45, 7) is 3.57. The number of aromatic nitrogens is 3. The third kappa shape index (κ3) is 3.75. The molecule has 1 aliphatic heterocycles. The summed E-state index contributed by atoms with van der Waals surface area (Å²) in [4.78, 5) is 9.17. The Morgan fingerprint density at radius 3 is 2.80 bits per heavy atom. The minimum atomic E-state index is -3.71. The highest BCUT2D eigenvalue weighted by Crippen LogP contribution is 2.33. The summed E-state index contributed by atoms with van der Waals surface area (Å²) in [6, 6.07) is 8.65. The van der Waals surface area contributed by atoms with Crippen LogP contribution in [0.2, 0.25) is 0 Å². The number of aryl methyl sites for hydroxylation is 1. The van der Waals surface area contributed by atoms with Gasteiger partial charge in [0.25, 0.3) is 0 Å². The van der Waals surface area contributed by atoms with E-state index in [1.807, 2.05) is 19.1 Å². The summed E-state index contributed by atoms with van der Waals surface area (Å²) in [5.41, 5.74) is 1.70. The third-order valence-electron chi connectivity index (χ3n) is 5.61. The Morgan fingerprint density at radius 1 is 1.20 bits per heavy atom. The van der Waals surface area contributed by atoms with Crippen molar-refractivity contribution in [2.24, 2.45) is 5.92 Å². The number of benzene rings is 1. The first kappa shape index (κ1) is 20.6. The second-order valence-electron chi connectivity index (χ2n) is 7.50. The number of fused-ring (bicyclic) bond motifs is 1. The highest BCUT2D eigenvalue weighted by Gasteiger charge is 2.33. The zero-order chi connectivity index (χ0) is 21.3.